The highest BCUT2D eigenvalue weighted by Gasteiger charge is 2.12. The first kappa shape index (κ1) is 10.6. The Morgan fingerprint density at radius 3 is 2.69 bits per heavy atom. The van der Waals surface area contributed by atoms with E-state index in [4.69, 9.17) is 4.74 Å². The van der Waals surface area contributed by atoms with Gasteiger partial charge in [-0.05, 0) is 13.3 Å². The first-order valence-electron chi connectivity index (χ1n) is 5.52. The SMILES string of the molecule is CCCCCCCC1=NC(C)CO1. The van der Waals surface area contributed by atoms with Gasteiger partial charge in [-0.15, -0.1) is 0 Å². The van der Waals surface area contributed by atoms with E-state index in [1.54, 1.807) is 0 Å². The summed E-state index contributed by atoms with van der Waals surface area (Å²) in [4.78, 5) is 4.40. The molecule has 2 heteroatoms. The smallest absolute Gasteiger partial charge is 0.183 e. The molecule has 0 aromatic rings. The largest absolute Gasteiger partial charge is 0.479 e. The molecule has 76 valence electrons. The third kappa shape index (κ3) is 4.30. The number of rotatable bonds is 6. The molecule has 1 aliphatic heterocycles. The van der Waals surface area contributed by atoms with E-state index >= 15 is 0 Å². The van der Waals surface area contributed by atoms with Gasteiger partial charge in [0.1, 0.15) is 6.61 Å². The third-order valence-corrected chi connectivity index (χ3v) is 2.35. The number of hydrogen-bond acceptors (Lipinski definition) is 2. The highest BCUT2D eigenvalue weighted by Crippen LogP contribution is 2.11. The summed E-state index contributed by atoms with van der Waals surface area (Å²) in [7, 11) is 0. The topological polar surface area (TPSA) is 21.6 Å². The van der Waals surface area contributed by atoms with Gasteiger partial charge in [-0.1, -0.05) is 32.6 Å². The molecular weight excluding hydrogens is 162 g/mol. The maximum absolute atomic E-state index is 5.42. The second-order valence-corrected chi connectivity index (χ2v) is 3.85. The van der Waals surface area contributed by atoms with E-state index in [0.29, 0.717) is 6.04 Å². The van der Waals surface area contributed by atoms with Crippen molar-refractivity contribution in [2.24, 2.45) is 4.99 Å². The Balaban J connectivity index is 1.97. The molecule has 0 amide bonds. The van der Waals surface area contributed by atoms with Gasteiger partial charge in [0.15, 0.2) is 5.90 Å². The fourth-order valence-corrected chi connectivity index (χ4v) is 1.55. The second-order valence-electron chi connectivity index (χ2n) is 3.85. The van der Waals surface area contributed by atoms with Crippen LogP contribution >= 0.6 is 0 Å². The van der Waals surface area contributed by atoms with Gasteiger partial charge >= 0.3 is 0 Å². The Morgan fingerprint density at radius 1 is 1.31 bits per heavy atom. The Morgan fingerprint density at radius 2 is 2.08 bits per heavy atom. The van der Waals surface area contributed by atoms with E-state index < -0.39 is 0 Å². The van der Waals surface area contributed by atoms with Crippen molar-refractivity contribution in [3.8, 4) is 0 Å². The molecule has 13 heavy (non-hydrogen) atoms. The van der Waals surface area contributed by atoms with E-state index in [9.17, 15) is 0 Å². The van der Waals surface area contributed by atoms with Crippen LogP contribution in [-0.4, -0.2) is 18.5 Å². The van der Waals surface area contributed by atoms with E-state index in [-0.39, 0.29) is 0 Å². The molecule has 0 radical (unpaired) electrons. The molecule has 1 heterocycles. The molecule has 1 rings (SSSR count). The lowest BCUT2D eigenvalue weighted by atomic mass is 10.1. The van der Waals surface area contributed by atoms with E-state index in [2.05, 4.69) is 18.8 Å². The highest BCUT2D eigenvalue weighted by atomic mass is 16.5. The summed E-state index contributed by atoms with van der Waals surface area (Å²) in [5.41, 5.74) is 0. The van der Waals surface area contributed by atoms with Crippen LogP contribution < -0.4 is 0 Å². The maximum Gasteiger partial charge on any atom is 0.183 e. The van der Waals surface area contributed by atoms with Crippen LogP contribution in [0.2, 0.25) is 0 Å². The average molecular weight is 183 g/mol. The Labute approximate surface area is 81.4 Å². The van der Waals surface area contributed by atoms with Crippen LogP contribution in [0.15, 0.2) is 4.99 Å². The predicted molar refractivity (Wildman–Crippen MR) is 56.2 cm³/mol. The molecule has 1 atom stereocenters. The average Bonchev–Trinajstić information content (AvgIpc) is 2.51. The van der Waals surface area contributed by atoms with Crippen molar-refractivity contribution < 1.29 is 4.74 Å². The van der Waals surface area contributed by atoms with Crippen LogP contribution in [0, 0.1) is 0 Å². The van der Waals surface area contributed by atoms with Crippen molar-refractivity contribution in [1.82, 2.24) is 0 Å². The molecule has 0 saturated carbocycles. The zero-order chi connectivity index (χ0) is 9.52. The third-order valence-electron chi connectivity index (χ3n) is 2.35. The van der Waals surface area contributed by atoms with Gasteiger partial charge in [-0.2, -0.15) is 0 Å². The number of hydrogen-bond donors (Lipinski definition) is 0. The summed E-state index contributed by atoms with van der Waals surface area (Å²) < 4.78 is 5.42. The van der Waals surface area contributed by atoms with Gasteiger partial charge in [0.05, 0.1) is 6.04 Å². The van der Waals surface area contributed by atoms with E-state index in [1.807, 2.05) is 0 Å². The van der Waals surface area contributed by atoms with Crippen LogP contribution in [0.5, 0.6) is 0 Å². The Hall–Kier alpha value is -0.530. The lowest BCUT2D eigenvalue weighted by Gasteiger charge is -2.00. The molecule has 0 N–H and O–H groups in total. The highest BCUT2D eigenvalue weighted by molar-refractivity contribution is 5.77. The first-order chi connectivity index (χ1) is 6.33. The van der Waals surface area contributed by atoms with Crippen LogP contribution in [0.25, 0.3) is 0 Å². The van der Waals surface area contributed by atoms with E-state index in [1.165, 1.54) is 32.1 Å². The first-order valence-corrected chi connectivity index (χ1v) is 5.52. The predicted octanol–water partition coefficient (Wildman–Crippen LogP) is 3.16. The lowest BCUT2D eigenvalue weighted by molar-refractivity contribution is 0.314. The second kappa shape index (κ2) is 6.01. The van der Waals surface area contributed by atoms with Crippen LogP contribution in [0.1, 0.15) is 52.4 Å². The van der Waals surface area contributed by atoms with Crippen molar-refractivity contribution >= 4 is 5.90 Å². The van der Waals surface area contributed by atoms with Crippen molar-refractivity contribution in [3.05, 3.63) is 0 Å². The maximum atomic E-state index is 5.42. The molecule has 1 unspecified atom stereocenters. The molecule has 0 fully saturated rings. The van der Waals surface area contributed by atoms with Crippen molar-refractivity contribution in [1.29, 1.82) is 0 Å². The van der Waals surface area contributed by atoms with Crippen LogP contribution in [0.4, 0.5) is 0 Å². The zero-order valence-corrected chi connectivity index (χ0v) is 8.88. The van der Waals surface area contributed by atoms with Gasteiger partial charge in [0.25, 0.3) is 0 Å². The summed E-state index contributed by atoms with van der Waals surface area (Å²) in [5, 5.41) is 0. The molecule has 0 aromatic heterocycles. The van der Waals surface area contributed by atoms with Crippen molar-refractivity contribution in [2.45, 2.75) is 58.4 Å². The normalized spacial score (nSPS) is 21.4. The minimum absolute atomic E-state index is 0.394. The molecular formula is C11H21NO. The van der Waals surface area contributed by atoms with Crippen LogP contribution in [0.3, 0.4) is 0 Å². The van der Waals surface area contributed by atoms with Gasteiger partial charge in [-0.25, -0.2) is 4.99 Å². The number of nitrogens with zero attached hydrogens (tertiary/aromatic N) is 1. The molecule has 0 spiro atoms. The standard InChI is InChI=1S/C11H21NO/c1-3-4-5-6-7-8-11-12-10(2)9-13-11/h10H,3-9H2,1-2H3. The summed E-state index contributed by atoms with van der Waals surface area (Å²) in [6, 6.07) is 0.394. The van der Waals surface area contributed by atoms with Gasteiger partial charge in [0, 0.05) is 6.42 Å². The van der Waals surface area contributed by atoms with Gasteiger partial charge in [-0.3, -0.25) is 0 Å². The molecule has 0 aromatic carbocycles. The Kier molecular flexibility index (Phi) is 4.87. The van der Waals surface area contributed by atoms with Crippen molar-refractivity contribution in [2.75, 3.05) is 6.61 Å². The monoisotopic (exact) mass is 183 g/mol. The minimum atomic E-state index is 0.394. The van der Waals surface area contributed by atoms with Crippen molar-refractivity contribution in [3.63, 3.8) is 0 Å². The summed E-state index contributed by atoms with van der Waals surface area (Å²) in [6.45, 7) is 5.14. The lowest BCUT2D eigenvalue weighted by Crippen LogP contribution is -2.00. The Bertz CT molecular complexity index is 165. The molecule has 2 nitrogen and oxygen atoms in total. The summed E-state index contributed by atoms with van der Waals surface area (Å²) in [5.74, 6) is 0.990. The fourth-order valence-electron chi connectivity index (χ4n) is 1.55. The van der Waals surface area contributed by atoms with Crippen LogP contribution in [-0.2, 0) is 4.74 Å². The molecule has 0 aliphatic carbocycles. The summed E-state index contributed by atoms with van der Waals surface area (Å²) >= 11 is 0. The van der Waals surface area contributed by atoms with Gasteiger partial charge < -0.3 is 4.74 Å². The minimum Gasteiger partial charge on any atom is -0.479 e. The van der Waals surface area contributed by atoms with E-state index in [0.717, 1.165) is 18.9 Å². The quantitative estimate of drug-likeness (QED) is 0.580. The summed E-state index contributed by atoms with van der Waals surface area (Å²) in [6.07, 6.45) is 7.65. The molecule has 0 bridgehead atoms. The zero-order valence-electron chi connectivity index (χ0n) is 8.88. The van der Waals surface area contributed by atoms with Gasteiger partial charge in [0.2, 0.25) is 0 Å². The molecule has 1 aliphatic rings. The molecule has 0 saturated heterocycles. The number of aliphatic imine (C=N–C) groups is 1. The number of unbranched alkanes of at least 4 members (excludes halogenated alkanes) is 4. The fraction of sp³-hybridized carbons (Fsp3) is 0.909. The number of ether oxygens (including phenoxy) is 1.